The van der Waals surface area contributed by atoms with Gasteiger partial charge >= 0.3 is 5.69 Å². The van der Waals surface area contributed by atoms with Gasteiger partial charge in [0.2, 0.25) is 5.95 Å². The molecule has 0 saturated heterocycles. The summed E-state index contributed by atoms with van der Waals surface area (Å²) in [4.78, 5) is 52.2. The molecule has 4 aromatic heterocycles. The predicted octanol–water partition coefficient (Wildman–Crippen LogP) is 3.96. The van der Waals surface area contributed by atoms with Gasteiger partial charge in [-0.2, -0.15) is 4.39 Å². The van der Waals surface area contributed by atoms with Crippen LogP contribution in [0.2, 0.25) is 0 Å². The van der Waals surface area contributed by atoms with Crippen LogP contribution in [0, 0.1) is 11.9 Å². The Bertz CT molecular complexity index is 1550. The molecule has 1 saturated carbocycles. The number of aromatic amines is 1. The van der Waals surface area contributed by atoms with Crippen molar-refractivity contribution in [2.75, 3.05) is 11.4 Å². The maximum absolute atomic E-state index is 13.3. The lowest BCUT2D eigenvalue weighted by molar-refractivity contribution is 0.0984. The zero-order valence-electron chi connectivity index (χ0n) is 20.9. The zero-order valence-corrected chi connectivity index (χ0v) is 20.9. The maximum atomic E-state index is 13.3. The second-order valence-electron chi connectivity index (χ2n) is 9.47. The first-order valence-corrected chi connectivity index (χ1v) is 12.7. The smallest absolute Gasteiger partial charge is 0.331 e. The Morgan fingerprint density at radius 2 is 1.81 bits per heavy atom. The number of rotatable bonds is 9. The first-order chi connectivity index (χ1) is 17.9. The summed E-state index contributed by atoms with van der Waals surface area (Å²) in [6, 6.07) is 7.98. The molecule has 0 atom stereocenters. The van der Waals surface area contributed by atoms with E-state index >= 15 is 0 Å². The van der Waals surface area contributed by atoms with E-state index < -0.39 is 5.95 Å². The number of fused-ring (bicyclic) bond motifs is 1. The molecule has 1 fully saturated rings. The largest absolute Gasteiger partial charge is 0.349 e. The van der Waals surface area contributed by atoms with Crippen molar-refractivity contribution in [3.8, 4) is 11.3 Å². The molecule has 4 aromatic rings. The van der Waals surface area contributed by atoms with Gasteiger partial charge in [-0.15, -0.1) is 0 Å². The minimum absolute atomic E-state index is 0.287. The van der Waals surface area contributed by atoms with Gasteiger partial charge in [0.05, 0.1) is 11.1 Å². The van der Waals surface area contributed by atoms with E-state index in [2.05, 4.69) is 15.0 Å². The van der Waals surface area contributed by atoms with Crippen LogP contribution < -0.4 is 16.1 Å². The first-order valence-electron chi connectivity index (χ1n) is 12.7. The van der Waals surface area contributed by atoms with Gasteiger partial charge in [0.15, 0.2) is 0 Å². The normalized spacial score (nSPS) is 13.3. The van der Waals surface area contributed by atoms with Gasteiger partial charge in [0, 0.05) is 43.3 Å². The maximum Gasteiger partial charge on any atom is 0.331 e. The third kappa shape index (κ3) is 4.83. The Morgan fingerprint density at radius 3 is 2.43 bits per heavy atom. The van der Waals surface area contributed by atoms with Crippen molar-refractivity contribution in [3.63, 3.8) is 0 Å². The Labute approximate surface area is 212 Å². The van der Waals surface area contributed by atoms with Gasteiger partial charge < -0.3 is 4.98 Å². The molecule has 5 rings (SSSR count). The monoisotopic (exact) mass is 504 g/mol. The van der Waals surface area contributed by atoms with Crippen LogP contribution in [0.15, 0.2) is 52.3 Å². The highest BCUT2D eigenvalue weighted by molar-refractivity contribution is 6.05. The molecule has 9 nitrogen and oxygen atoms in total. The molecule has 0 unspecified atom stereocenters. The predicted molar refractivity (Wildman–Crippen MR) is 139 cm³/mol. The Kier molecular flexibility index (Phi) is 6.73. The van der Waals surface area contributed by atoms with Crippen LogP contribution in [-0.2, 0) is 13.1 Å². The van der Waals surface area contributed by atoms with Gasteiger partial charge in [-0.3, -0.25) is 23.6 Å². The molecule has 10 heteroatoms. The molecule has 192 valence electrons. The van der Waals surface area contributed by atoms with Crippen molar-refractivity contribution < 1.29 is 9.18 Å². The number of anilines is 1. The molecule has 0 spiro atoms. The molecule has 0 bridgehead atoms. The van der Waals surface area contributed by atoms with Crippen LogP contribution in [0.3, 0.4) is 0 Å². The van der Waals surface area contributed by atoms with E-state index in [-0.39, 0.29) is 17.2 Å². The fourth-order valence-corrected chi connectivity index (χ4v) is 4.51. The van der Waals surface area contributed by atoms with E-state index in [4.69, 9.17) is 0 Å². The second-order valence-corrected chi connectivity index (χ2v) is 9.47. The third-order valence-corrected chi connectivity index (χ3v) is 6.60. The van der Waals surface area contributed by atoms with Crippen molar-refractivity contribution in [1.82, 2.24) is 24.1 Å². The highest BCUT2D eigenvalue weighted by atomic mass is 19.1. The fraction of sp³-hybridized carbons (Fsp3) is 0.370. The molecular formula is C27H29FN6O3. The Balaban J connectivity index is 1.51. The topological polar surface area (TPSA) is 106 Å². The third-order valence-electron chi connectivity index (χ3n) is 6.60. The summed E-state index contributed by atoms with van der Waals surface area (Å²) >= 11 is 0. The summed E-state index contributed by atoms with van der Waals surface area (Å²) in [5, 5.41) is 0. The van der Waals surface area contributed by atoms with Gasteiger partial charge in [0.25, 0.3) is 11.5 Å². The van der Waals surface area contributed by atoms with E-state index in [1.165, 1.54) is 22.9 Å². The number of H-pyrrole nitrogens is 1. The molecule has 1 aliphatic carbocycles. The molecule has 0 radical (unpaired) electrons. The van der Waals surface area contributed by atoms with Gasteiger partial charge in [-0.1, -0.05) is 13.8 Å². The van der Waals surface area contributed by atoms with Gasteiger partial charge in [-0.25, -0.2) is 14.8 Å². The number of carbonyl (C=O) groups is 1. The highest BCUT2D eigenvalue weighted by Gasteiger charge is 2.29. The number of nitrogens with one attached hydrogen (secondary N) is 1. The average Bonchev–Trinajstić information content (AvgIpc) is 3.63. The number of halogens is 1. The minimum Gasteiger partial charge on any atom is -0.349 e. The molecule has 0 aromatic carbocycles. The highest BCUT2D eigenvalue weighted by Crippen LogP contribution is 2.32. The molecule has 4 heterocycles. The molecule has 37 heavy (non-hydrogen) atoms. The molecule has 1 N–H and O–H groups in total. The Hall–Kier alpha value is -4.08. The average molecular weight is 505 g/mol. The second kappa shape index (κ2) is 10.1. The fourth-order valence-electron chi connectivity index (χ4n) is 4.51. The van der Waals surface area contributed by atoms with Crippen molar-refractivity contribution in [2.45, 2.75) is 52.6 Å². The summed E-state index contributed by atoms with van der Waals surface area (Å²) in [5.74, 6) is -0.0374. The number of nitrogens with zero attached hydrogens (tertiary/aromatic N) is 5. The van der Waals surface area contributed by atoms with Gasteiger partial charge in [-0.05, 0) is 61.9 Å². The lowest BCUT2D eigenvalue weighted by Crippen LogP contribution is -2.39. The number of pyridine rings is 2. The van der Waals surface area contributed by atoms with Crippen LogP contribution in [0.5, 0.6) is 0 Å². The van der Waals surface area contributed by atoms with E-state index in [0.29, 0.717) is 60.1 Å². The summed E-state index contributed by atoms with van der Waals surface area (Å²) in [7, 11) is 0. The molecule has 1 aliphatic rings. The Morgan fingerprint density at radius 1 is 1.05 bits per heavy atom. The van der Waals surface area contributed by atoms with Crippen LogP contribution in [-0.4, -0.2) is 36.5 Å². The van der Waals surface area contributed by atoms with E-state index in [1.54, 1.807) is 27.8 Å². The van der Waals surface area contributed by atoms with Crippen molar-refractivity contribution in [2.24, 2.45) is 5.92 Å². The van der Waals surface area contributed by atoms with Crippen molar-refractivity contribution in [3.05, 3.63) is 75.1 Å². The zero-order chi connectivity index (χ0) is 26.1. The van der Waals surface area contributed by atoms with E-state index in [9.17, 15) is 18.8 Å². The first kappa shape index (κ1) is 24.6. The van der Waals surface area contributed by atoms with Crippen LogP contribution in [0.4, 0.5) is 10.2 Å². The van der Waals surface area contributed by atoms with Crippen molar-refractivity contribution in [1.29, 1.82) is 0 Å². The number of hydrogen-bond acceptors (Lipinski definition) is 5. The molecule has 1 amide bonds. The quantitative estimate of drug-likeness (QED) is 0.347. The summed E-state index contributed by atoms with van der Waals surface area (Å²) < 4.78 is 16.2. The van der Waals surface area contributed by atoms with E-state index in [0.717, 1.165) is 24.8 Å². The number of hydrogen-bond donors (Lipinski definition) is 1. The number of aryl methyl sites for hydroxylation is 1. The summed E-state index contributed by atoms with van der Waals surface area (Å²) in [6.07, 6.45) is 6.40. The van der Waals surface area contributed by atoms with Crippen molar-refractivity contribution >= 4 is 22.8 Å². The number of amides is 1. The number of aromatic nitrogens is 5. The lowest BCUT2D eigenvalue weighted by Gasteiger charge is -2.22. The summed E-state index contributed by atoms with van der Waals surface area (Å²) in [5.41, 5.74) is 1.99. The van der Waals surface area contributed by atoms with E-state index in [1.807, 2.05) is 19.9 Å². The standard InChI is InChI=1S/C27H29FN6O3/c1-3-11-32-21-13-20(31-24(21)26(36)33(12-4-2)27(32)37)18-8-10-23(30-14-18)34(16-17-5-6-17)25(35)19-7-9-22(28)29-15-19/h7-10,13-15,17,31H,3-6,11-12,16H2,1-2H3. The SMILES string of the molecule is CCCn1c(=O)c2[nH]c(-c3ccc(N(CC4CC4)C(=O)c4ccc(F)nc4)nc3)cc2n(CCC)c1=O. The number of carbonyl (C=O) groups excluding carboxylic acids is 1. The molecule has 0 aliphatic heterocycles. The minimum atomic E-state index is -0.642. The van der Waals surface area contributed by atoms with Crippen LogP contribution in [0.25, 0.3) is 22.3 Å². The van der Waals surface area contributed by atoms with Crippen LogP contribution in [0.1, 0.15) is 49.9 Å². The molecular weight excluding hydrogens is 475 g/mol. The summed E-state index contributed by atoms with van der Waals surface area (Å²) in [6.45, 7) is 5.30. The lowest BCUT2D eigenvalue weighted by atomic mass is 10.2. The van der Waals surface area contributed by atoms with Crippen LogP contribution >= 0.6 is 0 Å². The van der Waals surface area contributed by atoms with Gasteiger partial charge in [0.1, 0.15) is 11.3 Å².